The number of benzene rings is 3. The molecular weight excluding hydrogens is 402 g/mol. The molecule has 0 unspecified atom stereocenters. The van der Waals surface area contributed by atoms with E-state index < -0.39 is 0 Å². The summed E-state index contributed by atoms with van der Waals surface area (Å²) in [6.07, 6.45) is 2.00. The lowest BCUT2D eigenvalue weighted by molar-refractivity contribution is 0.973. The van der Waals surface area contributed by atoms with Gasteiger partial charge < -0.3 is 4.57 Å². The van der Waals surface area contributed by atoms with Crippen LogP contribution in [-0.4, -0.2) is 14.0 Å². The highest BCUT2D eigenvalue weighted by Crippen LogP contribution is 2.27. The van der Waals surface area contributed by atoms with Crippen LogP contribution in [0.2, 0.25) is 0 Å². The van der Waals surface area contributed by atoms with Gasteiger partial charge in [0.1, 0.15) is 0 Å². The van der Waals surface area contributed by atoms with E-state index >= 15 is 0 Å². The molecule has 0 saturated carbocycles. The molecule has 0 saturated heterocycles. The monoisotopic (exact) mass is 421 g/mol. The van der Waals surface area contributed by atoms with Crippen molar-refractivity contribution in [2.75, 3.05) is 0 Å². The van der Waals surface area contributed by atoms with Crippen LogP contribution in [0.4, 0.5) is 0 Å². The van der Waals surface area contributed by atoms with Gasteiger partial charge in [0, 0.05) is 16.8 Å². The molecule has 0 aliphatic rings. The third-order valence-electron chi connectivity index (χ3n) is 5.91. The third kappa shape index (κ3) is 2.67. The number of nitrogens with zero attached hydrogens (tertiary/aromatic N) is 3. The van der Waals surface area contributed by atoms with Crippen LogP contribution in [0.15, 0.2) is 77.6 Å². The van der Waals surface area contributed by atoms with Crippen molar-refractivity contribution in [2.45, 2.75) is 13.8 Å². The molecule has 4 nitrogen and oxygen atoms in total. The highest BCUT2D eigenvalue weighted by Gasteiger charge is 2.14. The molecule has 150 valence electrons. The van der Waals surface area contributed by atoms with Gasteiger partial charge in [-0.05, 0) is 55.1 Å². The molecule has 3 aromatic heterocycles. The van der Waals surface area contributed by atoms with Crippen LogP contribution >= 0.6 is 11.3 Å². The Balaban J connectivity index is 1.57. The molecule has 0 fully saturated rings. The summed E-state index contributed by atoms with van der Waals surface area (Å²) in [5.74, 6) is 0. The van der Waals surface area contributed by atoms with Crippen LogP contribution in [-0.2, 0) is 0 Å². The van der Waals surface area contributed by atoms with E-state index in [0.717, 1.165) is 38.6 Å². The number of aryl methyl sites for hydroxylation is 1. The molecule has 0 radical (unpaired) electrons. The van der Waals surface area contributed by atoms with Gasteiger partial charge in [0.05, 0.1) is 21.3 Å². The second-order valence-electron chi connectivity index (χ2n) is 7.79. The van der Waals surface area contributed by atoms with Crippen LogP contribution in [0.25, 0.3) is 38.5 Å². The zero-order chi connectivity index (χ0) is 21.1. The van der Waals surface area contributed by atoms with Crippen molar-refractivity contribution < 1.29 is 0 Å². The van der Waals surface area contributed by atoms with E-state index in [9.17, 15) is 4.79 Å². The zero-order valence-corrected chi connectivity index (χ0v) is 18.0. The smallest absolute Gasteiger partial charge is 0.274 e. The van der Waals surface area contributed by atoms with Gasteiger partial charge in [-0.3, -0.25) is 4.79 Å². The van der Waals surface area contributed by atoms with Gasteiger partial charge >= 0.3 is 0 Å². The Bertz CT molecular complexity index is 1730. The number of hydrogen-bond acceptors (Lipinski definition) is 3. The summed E-state index contributed by atoms with van der Waals surface area (Å²) < 4.78 is 4.69. The van der Waals surface area contributed by atoms with E-state index in [1.54, 1.807) is 4.40 Å². The second-order valence-corrected chi connectivity index (χ2v) is 8.80. The molecule has 0 N–H and O–H groups in total. The second kappa shape index (κ2) is 6.65. The average molecular weight is 422 g/mol. The number of fused-ring (bicyclic) bond motifs is 4. The molecule has 3 aromatic carbocycles. The SMILES string of the molecule is Cc1cc(/C=c2/sc3nc4ccccc4n3c2=O)c(C)n1-c1cccc2ccccc12. The fourth-order valence-corrected chi connectivity index (χ4v) is 5.44. The maximum atomic E-state index is 13.2. The Labute approximate surface area is 182 Å². The van der Waals surface area contributed by atoms with Crippen molar-refractivity contribution in [3.63, 3.8) is 0 Å². The van der Waals surface area contributed by atoms with Gasteiger partial charge in [-0.1, -0.05) is 59.9 Å². The van der Waals surface area contributed by atoms with Gasteiger partial charge in [0.2, 0.25) is 0 Å². The zero-order valence-electron chi connectivity index (χ0n) is 17.2. The number of imidazole rings is 1. The lowest BCUT2D eigenvalue weighted by atomic mass is 10.1. The fraction of sp³-hybridized carbons (Fsp3) is 0.0769. The Hall–Kier alpha value is -3.70. The summed E-state index contributed by atoms with van der Waals surface area (Å²) in [6, 6.07) is 24.7. The summed E-state index contributed by atoms with van der Waals surface area (Å²) >= 11 is 1.44. The topological polar surface area (TPSA) is 39.3 Å². The highest BCUT2D eigenvalue weighted by molar-refractivity contribution is 7.15. The van der Waals surface area contributed by atoms with Crippen molar-refractivity contribution in [3.8, 4) is 5.69 Å². The van der Waals surface area contributed by atoms with E-state index in [1.807, 2.05) is 30.3 Å². The summed E-state index contributed by atoms with van der Waals surface area (Å²) in [7, 11) is 0. The van der Waals surface area contributed by atoms with Gasteiger partial charge in [0.25, 0.3) is 5.56 Å². The van der Waals surface area contributed by atoms with Crippen LogP contribution in [0.1, 0.15) is 17.0 Å². The van der Waals surface area contributed by atoms with Gasteiger partial charge in [-0.2, -0.15) is 0 Å². The normalized spacial score (nSPS) is 12.5. The number of thiazole rings is 1. The van der Waals surface area contributed by atoms with E-state index in [2.05, 4.69) is 71.9 Å². The minimum atomic E-state index is -0.0105. The van der Waals surface area contributed by atoms with Crippen LogP contribution in [0.3, 0.4) is 0 Å². The molecule has 0 atom stereocenters. The van der Waals surface area contributed by atoms with Crippen LogP contribution < -0.4 is 10.1 Å². The summed E-state index contributed by atoms with van der Waals surface area (Å²) in [6.45, 7) is 4.22. The van der Waals surface area contributed by atoms with Crippen LogP contribution in [0.5, 0.6) is 0 Å². The summed E-state index contributed by atoms with van der Waals surface area (Å²) in [5, 5.41) is 2.43. The molecule has 6 aromatic rings. The Kier molecular flexibility index (Phi) is 3.88. The first-order valence-electron chi connectivity index (χ1n) is 10.2. The van der Waals surface area contributed by atoms with Crippen molar-refractivity contribution in [3.05, 3.63) is 105 Å². The fourth-order valence-electron chi connectivity index (χ4n) is 4.46. The molecule has 31 heavy (non-hydrogen) atoms. The largest absolute Gasteiger partial charge is 0.317 e. The Morgan fingerprint density at radius 1 is 0.935 bits per heavy atom. The van der Waals surface area contributed by atoms with Gasteiger partial charge in [-0.25, -0.2) is 9.38 Å². The summed E-state index contributed by atoms with van der Waals surface area (Å²) in [4.78, 5) is 18.5. The molecular formula is C26H19N3OS. The predicted molar refractivity (Wildman–Crippen MR) is 128 cm³/mol. The average Bonchev–Trinajstić information content (AvgIpc) is 3.38. The minimum absolute atomic E-state index is 0.0105. The van der Waals surface area contributed by atoms with E-state index in [1.165, 1.54) is 22.1 Å². The maximum Gasteiger partial charge on any atom is 0.274 e. The first-order valence-corrected chi connectivity index (χ1v) is 11.0. The molecule has 0 aliphatic heterocycles. The summed E-state index contributed by atoms with van der Waals surface area (Å²) in [5.41, 5.74) is 6.16. The standard InChI is InChI=1S/C26H19N3OS/c1-16-14-19(17(2)28(16)22-13-7-9-18-8-3-4-10-20(18)22)15-24-25(30)29-23-12-6-5-11-21(23)27-26(29)31-24/h3-15H,1-2H3/b24-15+. The Morgan fingerprint density at radius 2 is 1.71 bits per heavy atom. The first-order chi connectivity index (χ1) is 15.1. The van der Waals surface area contributed by atoms with E-state index in [0.29, 0.717) is 4.53 Å². The molecule has 0 aliphatic carbocycles. The highest BCUT2D eigenvalue weighted by atomic mass is 32.1. The maximum absolute atomic E-state index is 13.2. The number of para-hydroxylation sites is 2. The quantitative estimate of drug-likeness (QED) is 0.394. The van der Waals surface area contributed by atoms with Crippen molar-refractivity contribution in [1.29, 1.82) is 0 Å². The molecule has 5 heteroatoms. The molecule has 0 spiro atoms. The molecule has 6 rings (SSSR count). The van der Waals surface area contributed by atoms with Gasteiger partial charge in [0.15, 0.2) is 4.96 Å². The first kappa shape index (κ1) is 18.1. The van der Waals surface area contributed by atoms with Gasteiger partial charge in [-0.15, -0.1) is 0 Å². The number of rotatable bonds is 2. The van der Waals surface area contributed by atoms with E-state index in [4.69, 9.17) is 0 Å². The molecule has 0 bridgehead atoms. The van der Waals surface area contributed by atoms with E-state index in [-0.39, 0.29) is 5.56 Å². The third-order valence-corrected chi connectivity index (χ3v) is 6.88. The molecule has 3 heterocycles. The molecule has 0 amide bonds. The van der Waals surface area contributed by atoms with Crippen LogP contribution in [0, 0.1) is 13.8 Å². The minimum Gasteiger partial charge on any atom is -0.317 e. The van der Waals surface area contributed by atoms with Crippen molar-refractivity contribution in [1.82, 2.24) is 14.0 Å². The number of aromatic nitrogens is 3. The predicted octanol–water partition coefficient (Wildman–Crippen LogP) is 5.02. The van der Waals surface area contributed by atoms with Crippen molar-refractivity contribution in [2.24, 2.45) is 0 Å². The number of hydrogen-bond donors (Lipinski definition) is 0. The van der Waals surface area contributed by atoms with Crippen molar-refractivity contribution >= 4 is 44.2 Å². The lowest BCUT2D eigenvalue weighted by Gasteiger charge is -2.13. The lowest BCUT2D eigenvalue weighted by Crippen LogP contribution is -2.22. The Morgan fingerprint density at radius 3 is 2.61 bits per heavy atom.